The molecular weight excluding hydrogens is 224 g/mol. The number of aryl methyl sites for hydroxylation is 1. The predicted octanol–water partition coefficient (Wildman–Crippen LogP) is 2.75. The Labute approximate surface area is 108 Å². The molecule has 0 bridgehead atoms. The van der Waals surface area contributed by atoms with Crippen LogP contribution in [0.2, 0.25) is 0 Å². The van der Waals surface area contributed by atoms with Crippen LogP contribution in [0.3, 0.4) is 0 Å². The molecule has 1 aromatic carbocycles. The predicted molar refractivity (Wildman–Crippen MR) is 74.5 cm³/mol. The van der Waals surface area contributed by atoms with Crippen molar-refractivity contribution in [3.8, 4) is 0 Å². The van der Waals surface area contributed by atoms with Crippen LogP contribution < -0.4 is 5.73 Å². The van der Waals surface area contributed by atoms with E-state index in [1.807, 2.05) is 26.0 Å². The van der Waals surface area contributed by atoms with Crippen molar-refractivity contribution in [2.45, 2.75) is 25.8 Å². The molecule has 1 atom stereocenters. The van der Waals surface area contributed by atoms with Crippen LogP contribution in [-0.4, -0.2) is 18.7 Å². The van der Waals surface area contributed by atoms with E-state index in [2.05, 4.69) is 23.2 Å². The summed E-state index contributed by atoms with van der Waals surface area (Å²) in [5.74, 6) is 0. The van der Waals surface area contributed by atoms with E-state index in [1.54, 1.807) is 7.11 Å². The minimum atomic E-state index is -0.366. The highest BCUT2D eigenvalue weighted by molar-refractivity contribution is 5.79. The molecule has 0 aliphatic rings. The number of pyridine rings is 1. The molecule has 0 radical (unpaired) electrons. The molecule has 0 saturated heterocycles. The first-order chi connectivity index (χ1) is 8.53. The largest absolute Gasteiger partial charge is 0.385 e. The fourth-order valence-corrected chi connectivity index (χ4v) is 2.04. The van der Waals surface area contributed by atoms with Crippen LogP contribution in [0.15, 0.2) is 30.3 Å². The Morgan fingerprint density at radius 1 is 1.28 bits per heavy atom. The first kappa shape index (κ1) is 13.0. The number of rotatable bonds is 4. The van der Waals surface area contributed by atoms with E-state index in [9.17, 15) is 0 Å². The van der Waals surface area contributed by atoms with E-state index in [0.29, 0.717) is 6.61 Å². The van der Waals surface area contributed by atoms with E-state index < -0.39 is 0 Å². The molecule has 0 saturated carbocycles. The molecule has 0 fully saturated rings. The standard InChI is InChI=1S/C15H20N2O/c1-11-4-5-12-10-13(6-7-14(12)17-11)15(2,16)8-9-18-3/h4-7,10H,8-9,16H2,1-3H3. The zero-order valence-corrected chi connectivity index (χ0v) is 11.2. The SMILES string of the molecule is COCCC(C)(N)c1ccc2nc(C)ccc2c1. The van der Waals surface area contributed by atoms with Gasteiger partial charge in [-0.2, -0.15) is 0 Å². The fourth-order valence-electron chi connectivity index (χ4n) is 2.04. The monoisotopic (exact) mass is 244 g/mol. The van der Waals surface area contributed by atoms with Gasteiger partial charge in [-0.1, -0.05) is 12.1 Å². The third-order valence-corrected chi connectivity index (χ3v) is 3.31. The van der Waals surface area contributed by atoms with Crippen LogP contribution in [-0.2, 0) is 10.3 Å². The average molecular weight is 244 g/mol. The highest BCUT2D eigenvalue weighted by Gasteiger charge is 2.20. The third kappa shape index (κ3) is 2.68. The zero-order chi connectivity index (χ0) is 13.2. The van der Waals surface area contributed by atoms with Gasteiger partial charge in [-0.15, -0.1) is 0 Å². The van der Waals surface area contributed by atoms with Crippen LogP contribution >= 0.6 is 0 Å². The molecule has 18 heavy (non-hydrogen) atoms. The summed E-state index contributed by atoms with van der Waals surface area (Å²) < 4.78 is 5.11. The molecule has 0 amide bonds. The molecule has 3 heteroatoms. The number of nitrogens with two attached hydrogens (primary N) is 1. The molecule has 2 N–H and O–H groups in total. The number of nitrogens with zero attached hydrogens (tertiary/aromatic N) is 1. The van der Waals surface area contributed by atoms with E-state index in [-0.39, 0.29) is 5.54 Å². The van der Waals surface area contributed by atoms with Gasteiger partial charge in [0, 0.05) is 30.3 Å². The lowest BCUT2D eigenvalue weighted by Gasteiger charge is -2.25. The number of hydrogen-bond acceptors (Lipinski definition) is 3. The highest BCUT2D eigenvalue weighted by atomic mass is 16.5. The number of benzene rings is 1. The Bertz CT molecular complexity index is 549. The summed E-state index contributed by atoms with van der Waals surface area (Å²) in [6, 6.07) is 10.3. The molecule has 0 spiro atoms. The van der Waals surface area contributed by atoms with Crippen molar-refractivity contribution < 1.29 is 4.74 Å². The smallest absolute Gasteiger partial charge is 0.0705 e. The van der Waals surface area contributed by atoms with Crippen molar-refractivity contribution in [3.63, 3.8) is 0 Å². The van der Waals surface area contributed by atoms with Gasteiger partial charge < -0.3 is 10.5 Å². The molecule has 2 aromatic rings. The van der Waals surface area contributed by atoms with E-state index in [0.717, 1.165) is 28.6 Å². The number of aromatic nitrogens is 1. The summed E-state index contributed by atoms with van der Waals surface area (Å²) in [4.78, 5) is 4.50. The Morgan fingerprint density at radius 2 is 2.06 bits per heavy atom. The molecule has 2 rings (SSSR count). The lowest BCUT2D eigenvalue weighted by molar-refractivity contribution is 0.172. The van der Waals surface area contributed by atoms with Gasteiger partial charge in [0.15, 0.2) is 0 Å². The topological polar surface area (TPSA) is 48.1 Å². The number of ether oxygens (including phenoxy) is 1. The molecule has 3 nitrogen and oxygen atoms in total. The summed E-state index contributed by atoms with van der Waals surface area (Å²) in [6.07, 6.45) is 0.800. The number of methoxy groups -OCH3 is 1. The quantitative estimate of drug-likeness (QED) is 0.899. The highest BCUT2D eigenvalue weighted by Crippen LogP contribution is 2.25. The van der Waals surface area contributed by atoms with Gasteiger partial charge in [-0.25, -0.2) is 0 Å². The first-order valence-corrected chi connectivity index (χ1v) is 6.19. The van der Waals surface area contributed by atoms with Crippen molar-refractivity contribution in [2.24, 2.45) is 5.73 Å². The van der Waals surface area contributed by atoms with Gasteiger partial charge in [-0.05, 0) is 44.0 Å². The normalized spacial score (nSPS) is 14.7. The second kappa shape index (κ2) is 5.04. The molecule has 96 valence electrons. The maximum atomic E-state index is 6.34. The van der Waals surface area contributed by atoms with Crippen molar-refractivity contribution in [1.82, 2.24) is 4.98 Å². The average Bonchev–Trinajstić information content (AvgIpc) is 2.35. The summed E-state index contributed by atoms with van der Waals surface area (Å²) in [6.45, 7) is 4.70. The molecule has 1 aromatic heterocycles. The lowest BCUT2D eigenvalue weighted by Crippen LogP contribution is -2.34. The molecule has 0 aliphatic heterocycles. The minimum Gasteiger partial charge on any atom is -0.385 e. The molecule has 1 unspecified atom stereocenters. The van der Waals surface area contributed by atoms with Gasteiger partial charge in [-0.3, -0.25) is 4.98 Å². The van der Waals surface area contributed by atoms with Crippen molar-refractivity contribution in [1.29, 1.82) is 0 Å². The maximum absolute atomic E-state index is 6.34. The van der Waals surface area contributed by atoms with E-state index in [4.69, 9.17) is 10.5 Å². The molecule has 1 heterocycles. The summed E-state index contributed by atoms with van der Waals surface area (Å²) >= 11 is 0. The number of hydrogen-bond donors (Lipinski definition) is 1. The molecule has 0 aliphatic carbocycles. The second-order valence-corrected chi connectivity index (χ2v) is 5.02. The van der Waals surface area contributed by atoms with Crippen LogP contribution in [0.4, 0.5) is 0 Å². The Kier molecular flexibility index (Phi) is 3.64. The van der Waals surface area contributed by atoms with Crippen LogP contribution in [0.5, 0.6) is 0 Å². The summed E-state index contributed by atoms with van der Waals surface area (Å²) in [5.41, 5.74) is 9.15. The van der Waals surface area contributed by atoms with Gasteiger partial charge in [0.25, 0.3) is 0 Å². The van der Waals surface area contributed by atoms with Crippen LogP contribution in [0.1, 0.15) is 24.6 Å². The van der Waals surface area contributed by atoms with Crippen molar-refractivity contribution >= 4 is 10.9 Å². The van der Waals surface area contributed by atoms with E-state index >= 15 is 0 Å². The second-order valence-electron chi connectivity index (χ2n) is 5.02. The maximum Gasteiger partial charge on any atom is 0.0705 e. The van der Waals surface area contributed by atoms with Gasteiger partial charge >= 0.3 is 0 Å². The van der Waals surface area contributed by atoms with Crippen molar-refractivity contribution in [3.05, 3.63) is 41.6 Å². The van der Waals surface area contributed by atoms with Crippen molar-refractivity contribution in [2.75, 3.05) is 13.7 Å². The van der Waals surface area contributed by atoms with Gasteiger partial charge in [0.05, 0.1) is 5.52 Å². The Hall–Kier alpha value is -1.45. The van der Waals surface area contributed by atoms with Crippen LogP contribution in [0, 0.1) is 6.92 Å². The first-order valence-electron chi connectivity index (χ1n) is 6.19. The molecular formula is C15H20N2O. The van der Waals surface area contributed by atoms with Crippen LogP contribution in [0.25, 0.3) is 10.9 Å². The van der Waals surface area contributed by atoms with Gasteiger partial charge in [0.2, 0.25) is 0 Å². The summed E-state index contributed by atoms with van der Waals surface area (Å²) in [5, 5.41) is 1.13. The minimum absolute atomic E-state index is 0.366. The van der Waals surface area contributed by atoms with E-state index in [1.165, 1.54) is 0 Å². The number of fused-ring (bicyclic) bond motifs is 1. The fraction of sp³-hybridized carbons (Fsp3) is 0.400. The Balaban J connectivity index is 2.37. The Morgan fingerprint density at radius 3 is 2.78 bits per heavy atom. The zero-order valence-electron chi connectivity index (χ0n) is 11.2. The lowest BCUT2D eigenvalue weighted by atomic mass is 9.89. The summed E-state index contributed by atoms with van der Waals surface area (Å²) in [7, 11) is 1.70. The third-order valence-electron chi connectivity index (χ3n) is 3.31. The van der Waals surface area contributed by atoms with Gasteiger partial charge in [0.1, 0.15) is 0 Å².